The Kier molecular flexibility index (Phi) is 7.61. The number of carbonyl (C=O) groups excluding carboxylic acids is 1. The number of carbonyl (C=O) groups is 1. The van der Waals surface area contributed by atoms with Gasteiger partial charge in [0.1, 0.15) is 0 Å². The summed E-state index contributed by atoms with van der Waals surface area (Å²) in [6, 6.07) is 25.0. The van der Waals surface area contributed by atoms with Crippen molar-refractivity contribution < 1.29 is 4.79 Å². The van der Waals surface area contributed by atoms with E-state index in [-0.39, 0.29) is 17.2 Å². The van der Waals surface area contributed by atoms with Gasteiger partial charge in [-0.1, -0.05) is 76.2 Å². The van der Waals surface area contributed by atoms with Crippen LogP contribution in [0.5, 0.6) is 0 Å². The monoisotopic (exact) mass is 431 g/mol. The van der Waals surface area contributed by atoms with Gasteiger partial charge in [0.2, 0.25) is 0 Å². The van der Waals surface area contributed by atoms with Crippen molar-refractivity contribution in [2.75, 3.05) is 11.6 Å². The molecule has 0 aliphatic rings. The first-order valence-corrected chi connectivity index (χ1v) is 12.2. The molecule has 0 aliphatic carbocycles. The van der Waals surface area contributed by atoms with E-state index in [4.69, 9.17) is 0 Å². The van der Waals surface area contributed by atoms with Crippen molar-refractivity contribution in [3.8, 4) is 0 Å². The number of rotatable bonds is 8. The van der Waals surface area contributed by atoms with E-state index in [2.05, 4.69) is 99.9 Å². The number of ketones is 1. The number of thioether (sulfide) groups is 1. The molecule has 2 nitrogen and oxygen atoms in total. The molecule has 3 aromatic carbocycles. The summed E-state index contributed by atoms with van der Waals surface area (Å²) >= 11 is 1.72. The third-order valence-corrected chi connectivity index (χ3v) is 6.43. The Morgan fingerprint density at radius 2 is 1.52 bits per heavy atom. The van der Waals surface area contributed by atoms with Gasteiger partial charge in [0.05, 0.1) is 6.04 Å². The molecule has 1 N–H and O–H groups in total. The summed E-state index contributed by atoms with van der Waals surface area (Å²) in [6.07, 6.45) is 3.50. The van der Waals surface area contributed by atoms with Crippen molar-refractivity contribution in [3.05, 3.63) is 95.1 Å². The molecule has 3 rings (SSSR count). The summed E-state index contributed by atoms with van der Waals surface area (Å²) < 4.78 is 0. The SMILES string of the molecule is CCc1ccc(N[C@@H](CC(=O)c2ccc(C(C)(C)C)cc2)c2ccc(SC)cc2)cc1. The number of benzene rings is 3. The van der Waals surface area contributed by atoms with Crippen LogP contribution in [0.2, 0.25) is 0 Å². The Morgan fingerprint density at radius 3 is 2.03 bits per heavy atom. The molecule has 0 unspecified atom stereocenters. The highest BCUT2D eigenvalue weighted by Gasteiger charge is 2.19. The summed E-state index contributed by atoms with van der Waals surface area (Å²) in [6.45, 7) is 8.71. The van der Waals surface area contributed by atoms with Crippen molar-refractivity contribution in [2.45, 2.75) is 56.9 Å². The number of nitrogens with one attached hydrogen (secondary N) is 1. The summed E-state index contributed by atoms with van der Waals surface area (Å²) in [5, 5.41) is 3.59. The first-order valence-electron chi connectivity index (χ1n) is 10.9. The Hall–Kier alpha value is -2.52. The van der Waals surface area contributed by atoms with Gasteiger partial charge >= 0.3 is 0 Å². The number of hydrogen-bond donors (Lipinski definition) is 1. The molecule has 0 aliphatic heterocycles. The van der Waals surface area contributed by atoms with E-state index >= 15 is 0 Å². The fraction of sp³-hybridized carbons (Fsp3) is 0.321. The second kappa shape index (κ2) is 10.2. The zero-order valence-corrected chi connectivity index (χ0v) is 20.1. The molecule has 162 valence electrons. The van der Waals surface area contributed by atoms with Gasteiger partial charge in [-0.3, -0.25) is 4.79 Å². The Balaban J connectivity index is 1.83. The molecule has 0 saturated carbocycles. The molecule has 0 radical (unpaired) electrons. The van der Waals surface area contributed by atoms with Crippen LogP contribution in [0.3, 0.4) is 0 Å². The van der Waals surface area contributed by atoms with E-state index in [1.165, 1.54) is 16.0 Å². The topological polar surface area (TPSA) is 29.1 Å². The number of aryl methyl sites for hydroxylation is 1. The Bertz CT molecular complexity index is 983. The smallest absolute Gasteiger partial charge is 0.165 e. The highest BCUT2D eigenvalue weighted by molar-refractivity contribution is 7.98. The maximum atomic E-state index is 13.2. The largest absolute Gasteiger partial charge is 0.378 e. The van der Waals surface area contributed by atoms with E-state index in [0.29, 0.717) is 6.42 Å². The maximum absolute atomic E-state index is 13.2. The van der Waals surface area contributed by atoms with Crippen LogP contribution >= 0.6 is 11.8 Å². The van der Waals surface area contributed by atoms with Gasteiger partial charge in [-0.15, -0.1) is 11.8 Å². The molecule has 31 heavy (non-hydrogen) atoms. The van der Waals surface area contributed by atoms with Crippen LogP contribution in [0.4, 0.5) is 5.69 Å². The standard InChI is InChI=1S/C28H33NOS/c1-6-20-7-15-24(16-8-20)29-26(21-11-17-25(31-5)18-12-21)19-27(30)22-9-13-23(14-10-22)28(2,3)4/h7-18,26,29H,6,19H2,1-5H3/t26-/m0/s1. The van der Waals surface area contributed by atoms with Crippen LogP contribution in [0.1, 0.15) is 67.2 Å². The first kappa shape index (κ1) is 23.1. The summed E-state index contributed by atoms with van der Waals surface area (Å²) in [5.41, 5.74) is 5.55. The van der Waals surface area contributed by atoms with Crippen LogP contribution in [0.15, 0.2) is 77.7 Å². The minimum absolute atomic E-state index is 0.0787. The maximum Gasteiger partial charge on any atom is 0.165 e. The summed E-state index contributed by atoms with van der Waals surface area (Å²) in [4.78, 5) is 14.4. The van der Waals surface area contributed by atoms with Crippen molar-refractivity contribution >= 4 is 23.2 Å². The van der Waals surface area contributed by atoms with Gasteiger partial charge in [-0.05, 0) is 59.0 Å². The molecule has 0 saturated heterocycles. The summed E-state index contributed by atoms with van der Waals surface area (Å²) in [7, 11) is 0. The first-order chi connectivity index (χ1) is 14.8. The van der Waals surface area contributed by atoms with E-state index in [0.717, 1.165) is 23.2 Å². The zero-order valence-electron chi connectivity index (χ0n) is 19.2. The molecule has 0 fully saturated rings. The van der Waals surface area contributed by atoms with Gasteiger partial charge in [0.15, 0.2) is 5.78 Å². The molecule has 0 bridgehead atoms. The minimum Gasteiger partial charge on any atom is -0.378 e. The lowest BCUT2D eigenvalue weighted by Crippen LogP contribution is -2.16. The number of anilines is 1. The van der Waals surface area contributed by atoms with Crippen molar-refractivity contribution in [2.24, 2.45) is 0 Å². The number of Topliss-reactive ketones (excluding diaryl/α,β-unsaturated/α-hetero) is 1. The minimum atomic E-state index is -0.0850. The summed E-state index contributed by atoms with van der Waals surface area (Å²) in [5.74, 6) is 0.150. The average Bonchev–Trinajstić information content (AvgIpc) is 2.78. The molecular weight excluding hydrogens is 398 g/mol. The zero-order chi connectivity index (χ0) is 22.4. The molecule has 0 aromatic heterocycles. The Labute approximate surface area is 191 Å². The molecule has 3 aromatic rings. The molecule has 0 amide bonds. The normalized spacial score (nSPS) is 12.4. The Morgan fingerprint density at radius 1 is 0.903 bits per heavy atom. The van der Waals surface area contributed by atoms with Crippen molar-refractivity contribution in [1.29, 1.82) is 0 Å². The van der Waals surface area contributed by atoms with E-state index in [9.17, 15) is 4.79 Å². The molecule has 3 heteroatoms. The highest BCUT2D eigenvalue weighted by Crippen LogP contribution is 2.28. The fourth-order valence-electron chi connectivity index (χ4n) is 3.59. The average molecular weight is 432 g/mol. The predicted octanol–water partition coefficient (Wildman–Crippen LogP) is 7.69. The number of hydrogen-bond acceptors (Lipinski definition) is 3. The third-order valence-electron chi connectivity index (χ3n) is 5.68. The lowest BCUT2D eigenvalue weighted by Gasteiger charge is -2.21. The van der Waals surface area contributed by atoms with Gasteiger partial charge in [0, 0.05) is 22.6 Å². The van der Waals surface area contributed by atoms with Crippen LogP contribution in [-0.4, -0.2) is 12.0 Å². The highest BCUT2D eigenvalue weighted by atomic mass is 32.2. The molecule has 1 atom stereocenters. The predicted molar refractivity (Wildman–Crippen MR) is 134 cm³/mol. The van der Waals surface area contributed by atoms with Gasteiger partial charge in [0.25, 0.3) is 0 Å². The van der Waals surface area contributed by atoms with E-state index in [1.54, 1.807) is 11.8 Å². The van der Waals surface area contributed by atoms with Gasteiger partial charge in [-0.2, -0.15) is 0 Å². The molecular formula is C28H33NOS. The van der Waals surface area contributed by atoms with Gasteiger partial charge < -0.3 is 5.32 Å². The van der Waals surface area contributed by atoms with E-state index in [1.807, 2.05) is 12.1 Å². The van der Waals surface area contributed by atoms with Crippen LogP contribution < -0.4 is 5.32 Å². The lowest BCUT2D eigenvalue weighted by molar-refractivity contribution is 0.0976. The lowest BCUT2D eigenvalue weighted by atomic mass is 9.86. The van der Waals surface area contributed by atoms with Crippen molar-refractivity contribution in [1.82, 2.24) is 0 Å². The second-order valence-electron chi connectivity index (χ2n) is 8.98. The van der Waals surface area contributed by atoms with Crippen LogP contribution in [0, 0.1) is 0 Å². The van der Waals surface area contributed by atoms with Crippen molar-refractivity contribution in [3.63, 3.8) is 0 Å². The van der Waals surface area contributed by atoms with Crippen LogP contribution in [0.25, 0.3) is 0 Å². The fourth-order valence-corrected chi connectivity index (χ4v) is 3.99. The van der Waals surface area contributed by atoms with Gasteiger partial charge in [-0.25, -0.2) is 0 Å². The quantitative estimate of drug-likeness (QED) is 0.293. The molecule has 0 spiro atoms. The third kappa shape index (κ3) is 6.24. The second-order valence-corrected chi connectivity index (χ2v) is 9.85. The van der Waals surface area contributed by atoms with Crippen LogP contribution in [-0.2, 0) is 11.8 Å². The molecule has 0 heterocycles. The van der Waals surface area contributed by atoms with E-state index < -0.39 is 0 Å².